The number of nitrogens with one attached hydrogen (secondary N) is 2. The first-order valence-electron chi connectivity index (χ1n) is 17.8. The van der Waals surface area contributed by atoms with Gasteiger partial charge in [-0.3, -0.25) is 0 Å². The van der Waals surface area contributed by atoms with Gasteiger partial charge < -0.3 is 20.3 Å². The maximum absolute atomic E-state index is 5.99. The zero-order chi connectivity index (χ0) is 36.4. The van der Waals surface area contributed by atoms with Gasteiger partial charge in [-0.1, -0.05) is 146 Å². The number of ether oxygens (including phenoxy) is 2. The van der Waals surface area contributed by atoms with Gasteiger partial charge in [0.25, 0.3) is 0 Å². The van der Waals surface area contributed by atoms with Crippen LogP contribution >= 0.6 is 0 Å². The zero-order valence-corrected chi connectivity index (χ0v) is 29.5. The number of benzene rings is 6. The van der Waals surface area contributed by atoms with E-state index >= 15 is 0 Å². The molecule has 2 N–H and O–H groups in total. The quantitative estimate of drug-likeness (QED) is 0.102. The van der Waals surface area contributed by atoms with Crippen molar-refractivity contribution < 1.29 is 9.47 Å². The minimum atomic E-state index is 0.417. The molecule has 0 aliphatic heterocycles. The maximum atomic E-state index is 5.99. The molecule has 0 bridgehead atoms. The number of aromatic nitrogens is 6. The first-order chi connectivity index (χ1) is 26.8. The Morgan fingerprint density at radius 2 is 0.630 bits per heavy atom. The van der Waals surface area contributed by atoms with Crippen LogP contribution in [-0.2, 0) is 13.1 Å². The standard InChI is InChI=1S/C44H38N8O2/c1-5-13-35(14-6-1)41-47-48-42(36-15-7-2-8-16-36)51(41)45-31-33-21-25-39(26-22-33)53-29-30-54-40-27-23-34(24-28-40)32-46-52-43(37-17-9-3-10-18-37)49-50-44(52)38-19-11-4-12-20-38/h1-28,45-46H,29-32H2. The van der Waals surface area contributed by atoms with E-state index in [4.69, 9.17) is 9.47 Å². The van der Waals surface area contributed by atoms with E-state index in [9.17, 15) is 0 Å². The Morgan fingerprint density at radius 1 is 0.352 bits per heavy atom. The summed E-state index contributed by atoms with van der Waals surface area (Å²) in [4.78, 5) is 0. The molecule has 0 saturated heterocycles. The van der Waals surface area contributed by atoms with Crippen molar-refractivity contribution in [2.45, 2.75) is 13.1 Å². The molecule has 10 heteroatoms. The average Bonchev–Trinajstić information content (AvgIpc) is 3.88. The van der Waals surface area contributed by atoms with Crippen LogP contribution in [0.5, 0.6) is 11.5 Å². The summed E-state index contributed by atoms with van der Waals surface area (Å²) < 4.78 is 15.9. The van der Waals surface area contributed by atoms with Crippen LogP contribution in [-0.4, -0.2) is 43.0 Å². The monoisotopic (exact) mass is 710 g/mol. The Labute approximate surface area is 313 Å². The van der Waals surface area contributed by atoms with Gasteiger partial charge in [-0.2, -0.15) is 0 Å². The normalized spacial score (nSPS) is 10.9. The minimum absolute atomic E-state index is 0.417. The summed E-state index contributed by atoms with van der Waals surface area (Å²) in [5.74, 6) is 4.57. The molecule has 8 aromatic rings. The lowest BCUT2D eigenvalue weighted by molar-refractivity contribution is 0.217. The molecule has 10 nitrogen and oxygen atoms in total. The summed E-state index contributed by atoms with van der Waals surface area (Å²) in [7, 11) is 0. The largest absolute Gasteiger partial charge is 0.490 e. The second kappa shape index (κ2) is 16.4. The van der Waals surface area contributed by atoms with Gasteiger partial charge in [0.2, 0.25) is 0 Å². The van der Waals surface area contributed by atoms with Gasteiger partial charge in [-0.05, 0) is 35.4 Å². The average molecular weight is 711 g/mol. The first kappa shape index (κ1) is 33.9. The summed E-state index contributed by atoms with van der Waals surface area (Å²) in [6.45, 7) is 1.99. The van der Waals surface area contributed by atoms with Gasteiger partial charge in [0, 0.05) is 22.3 Å². The van der Waals surface area contributed by atoms with Crippen molar-refractivity contribution in [1.29, 1.82) is 0 Å². The molecule has 0 fully saturated rings. The van der Waals surface area contributed by atoms with Crippen LogP contribution in [0.4, 0.5) is 0 Å². The summed E-state index contributed by atoms with van der Waals surface area (Å²) >= 11 is 0. The van der Waals surface area contributed by atoms with E-state index in [2.05, 4.69) is 55.5 Å². The van der Waals surface area contributed by atoms with E-state index in [1.165, 1.54) is 0 Å². The fraction of sp³-hybridized carbons (Fsp3) is 0.0909. The van der Waals surface area contributed by atoms with E-state index in [-0.39, 0.29) is 0 Å². The number of rotatable bonds is 15. The molecule has 54 heavy (non-hydrogen) atoms. The van der Waals surface area contributed by atoms with Crippen LogP contribution in [0.15, 0.2) is 170 Å². The predicted octanol–water partition coefficient (Wildman–Crippen LogP) is 8.48. The molecule has 6 aromatic carbocycles. The Balaban J connectivity index is 0.834. The summed E-state index contributed by atoms with van der Waals surface area (Å²) in [5.41, 5.74) is 13.2. The molecule has 0 radical (unpaired) electrons. The lowest BCUT2D eigenvalue weighted by atomic mass is 10.2. The van der Waals surface area contributed by atoms with Crippen molar-refractivity contribution in [3.63, 3.8) is 0 Å². The van der Waals surface area contributed by atoms with Crippen molar-refractivity contribution in [2.24, 2.45) is 0 Å². The summed E-state index contributed by atoms with van der Waals surface area (Å²) in [6.07, 6.45) is 0. The van der Waals surface area contributed by atoms with Gasteiger partial charge in [-0.25, -0.2) is 9.35 Å². The third kappa shape index (κ3) is 7.98. The number of hydrogen-bond acceptors (Lipinski definition) is 8. The molecule has 8 rings (SSSR count). The molecule has 0 amide bonds. The second-order valence-corrected chi connectivity index (χ2v) is 12.5. The molecule has 0 atom stereocenters. The minimum Gasteiger partial charge on any atom is -0.490 e. The third-order valence-electron chi connectivity index (χ3n) is 8.80. The van der Waals surface area contributed by atoms with Crippen molar-refractivity contribution in [3.8, 4) is 57.1 Å². The van der Waals surface area contributed by atoms with Crippen LogP contribution < -0.4 is 20.3 Å². The molecular weight excluding hydrogens is 673 g/mol. The zero-order valence-electron chi connectivity index (χ0n) is 29.5. The highest BCUT2D eigenvalue weighted by Crippen LogP contribution is 2.25. The van der Waals surface area contributed by atoms with E-state index < -0.39 is 0 Å². The lowest BCUT2D eigenvalue weighted by Crippen LogP contribution is -2.17. The van der Waals surface area contributed by atoms with Crippen molar-refractivity contribution >= 4 is 0 Å². The van der Waals surface area contributed by atoms with Crippen molar-refractivity contribution in [2.75, 3.05) is 24.1 Å². The van der Waals surface area contributed by atoms with E-state index in [1.54, 1.807) is 0 Å². The highest BCUT2D eigenvalue weighted by atomic mass is 16.5. The fourth-order valence-electron chi connectivity index (χ4n) is 6.03. The molecule has 0 aliphatic rings. The highest BCUT2D eigenvalue weighted by Gasteiger charge is 2.17. The molecule has 0 unspecified atom stereocenters. The Kier molecular flexibility index (Phi) is 10.3. The smallest absolute Gasteiger partial charge is 0.182 e. The highest BCUT2D eigenvalue weighted by molar-refractivity contribution is 5.64. The van der Waals surface area contributed by atoms with Gasteiger partial charge in [0.05, 0.1) is 13.1 Å². The van der Waals surface area contributed by atoms with Crippen molar-refractivity contribution in [1.82, 2.24) is 29.7 Å². The predicted molar refractivity (Wildman–Crippen MR) is 212 cm³/mol. The molecule has 2 aromatic heterocycles. The first-order valence-corrected chi connectivity index (χ1v) is 17.8. The second-order valence-electron chi connectivity index (χ2n) is 12.5. The Hall–Kier alpha value is -7.20. The van der Waals surface area contributed by atoms with Crippen LogP contribution in [0, 0.1) is 0 Å². The van der Waals surface area contributed by atoms with Gasteiger partial charge in [0.15, 0.2) is 23.3 Å². The van der Waals surface area contributed by atoms with Crippen LogP contribution in [0.2, 0.25) is 0 Å². The molecule has 0 spiro atoms. The van der Waals surface area contributed by atoms with Gasteiger partial charge >= 0.3 is 0 Å². The van der Waals surface area contributed by atoms with Crippen LogP contribution in [0.1, 0.15) is 11.1 Å². The van der Waals surface area contributed by atoms with E-state index in [1.807, 2.05) is 155 Å². The Morgan fingerprint density at radius 3 is 0.907 bits per heavy atom. The fourth-order valence-corrected chi connectivity index (χ4v) is 6.03. The van der Waals surface area contributed by atoms with Gasteiger partial charge in [-0.15, -0.1) is 20.4 Å². The molecule has 0 aliphatic carbocycles. The van der Waals surface area contributed by atoms with Crippen molar-refractivity contribution in [3.05, 3.63) is 181 Å². The Bertz CT molecular complexity index is 2080. The molecule has 2 heterocycles. The number of nitrogens with zero attached hydrogens (tertiary/aromatic N) is 6. The van der Waals surface area contributed by atoms with E-state index in [0.717, 1.165) is 68.2 Å². The molecule has 266 valence electrons. The van der Waals surface area contributed by atoms with Crippen LogP contribution in [0.3, 0.4) is 0 Å². The molecular formula is C44H38N8O2. The van der Waals surface area contributed by atoms with Crippen LogP contribution in [0.25, 0.3) is 45.6 Å². The molecule has 0 saturated carbocycles. The lowest BCUT2D eigenvalue weighted by Gasteiger charge is -2.14. The van der Waals surface area contributed by atoms with E-state index in [0.29, 0.717) is 26.3 Å². The summed E-state index contributed by atoms with van der Waals surface area (Å²) in [6, 6.07) is 56.3. The topological polar surface area (TPSA) is 104 Å². The SMILES string of the molecule is c1ccc(-c2nnc(-c3ccccc3)n2NCc2ccc(OCCOc3ccc(CNn4c(-c5ccccc5)nnc4-c4ccccc4)cc3)cc2)cc1. The maximum Gasteiger partial charge on any atom is 0.182 e. The summed E-state index contributed by atoms with van der Waals surface area (Å²) in [5, 5.41) is 18.0. The van der Waals surface area contributed by atoms with Gasteiger partial charge in [0.1, 0.15) is 24.7 Å². The number of hydrogen-bond donors (Lipinski definition) is 2. The third-order valence-corrected chi connectivity index (χ3v) is 8.80.